The molecule has 3 aromatic carbocycles. The van der Waals surface area contributed by atoms with E-state index in [9.17, 15) is 19.2 Å². The highest BCUT2D eigenvalue weighted by Gasteiger charge is 2.86. The maximum atomic E-state index is 14.4. The number of nitrogens with zero attached hydrogens (tertiary/aromatic N) is 4. The van der Waals surface area contributed by atoms with Gasteiger partial charge in [0.15, 0.2) is 0 Å². The minimum absolute atomic E-state index is 0.0248. The molecule has 342 valence electrons. The lowest BCUT2D eigenvalue weighted by atomic mass is 9.90. The second-order valence-electron chi connectivity index (χ2n) is 19.2. The van der Waals surface area contributed by atoms with E-state index in [4.69, 9.17) is 28.9 Å². The number of alkyl carbamates (subject to hydrolysis) is 2. The molecule has 66 heavy (non-hydrogen) atoms. The molecule has 2 bridgehead atoms. The zero-order chi connectivity index (χ0) is 44.8. The van der Waals surface area contributed by atoms with Gasteiger partial charge in [-0.05, 0) is 101 Å². The Kier molecular flexibility index (Phi) is 10.1. The van der Waals surface area contributed by atoms with Crippen LogP contribution in [-0.2, 0) is 28.5 Å². The number of nitrogens with one attached hydrogen (secondary N) is 4. The summed E-state index contributed by atoms with van der Waals surface area (Å²) < 4.78 is 21.0. The molecule has 4 amide bonds. The van der Waals surface area contributed by atoms with E-state index in [1.165, 1.54) is 14.2 Å². The Morgan fingerprint density at radius 2 is 1.20 bits per heavy atom. The van der Waals surface area contributed by atoms with E-state index < -0.39 is 24.3 Å². The smallest absolute Gasteiger partial charge is 0.407 e. The van der Waals surface area contributed by atoms with Crippen molar-refractivity contribution in [1.29, 1.82) is 0 Å². The van der Waals surface area contributed by atoms with Gasteiger partial charge in [0.1, 0.15) is 23.7 Å². The minimum atomic E-state index is -0.682. The number of benzene rings is 3. The van der Waals surface area contributed by atoms with Gasteiger partial charge in [0.2, 0.25) is 11.8 Å². The van der Waals surface area contributed by atoms with Crippen molar-refractivity contribution in [2.24, 2.45) is 35.5 Å². The van der Waals surface area contributed by atoms with E-state index >= 15 is 0 Å². The number of hydrogen-bond acceptors (Lipinski definition) is 10. The van der Waals surface area contributed by atoms with Crippen LogP contribution < -0.4 is 10.6 Å². The zero-order valence-corrected chi connectivity index (χ0v) is 37.0. The van der Waals surface area contributed by atoms with Gasteiger partial charge in [-0.15, -0.1) is 0 Å². The highest BCUT2D eigenvalue weighted by atomic mass is 16.5. The molecule has 16 nitrogen and oxygen atoms in total. The maximum Gasteiger partial charge on any atom is 0.407 e. The molecule has 8 aliphatic rings. The summed E-state index contributed by atoms with van der Waals surface area (Å²) in [6, 6.07) is 19.8. The van der Waals surface area contributed by atoms with Gasteiger partial charge in [-0.3, -0.25) is 9.59 Å². The van der Waals surface area contributed by atoms with Gasteiger partial charge < -0.3 is 49.3 Å². The first-order valence-corrected chi connectivity index (χ1v) is 23.5. The molecule has 3 saturated carbocycles. The summed E-state index contributed by atoms with van der Waals surface area (Å²) in [6.45, 7) is 2.25. The van der Waals surface area contributed by atoms with Crippen LogP contribution in [0, 0.1) is 35.5 Å². The number of fused-ring (bicyclic) bond motifs is 3. The van der Waals surface area contributed by atoms with E-state index in [1.54, 1.807) is 0 Å². The monoisotopic (exact) mass is 894 g/mol. The summed E-state index contributed by atoms with van der Waals surface area (Å²) in [5.74, 6) is 3.15. The van der Waals surface area contributed by atoms with Crippen molar-refractivity contribution < 1.29 is 38.1 Å². The van der Waals surface area contributed by atoms with Gasteiger partial charge in [0.05, 0.1) is 50.1 Å². The van der Waals surface area contributed by atoms with Gasteiger partial charge in [0.25, 0.3) is 0 Å². The Balaban J connectivity index is 0.773. The largest absolute Gasteiger partial charge is 0.453 e. The third-order valence-electron chi connectivity index (χ3n) is 15.9. The SMILES string of the molecule is COC(=O)N[C@H](C(=O)N1C2C3C([C@@H]32)[C@H]1c1ncc(-c2cccc3c(-c4ccc(-c5cnc([C@@H]6C[C@H]7C[C@H]7N6C(=O)[C@@H](NC(=O)OC)C6CCOCC6)[nH]5)cc4)cccc23)[nH]1)C1CCOCC1. The number of carbonyl (C=O) groups is 4. The average molecular weight is 895 g/mol. The number of imidazole rings is 2. The summed E-state index contributed by atoms with van der Waals surface area (Å²) in [7, 11) is 2.65. The number of carbonyl (C=O) groups excluding carboxylic acids is 4. The molecule has 13 rings (SSSR count). The molecule has 5 aromatic rings. The number of aromatic nitrogens is 4. The van der Waals surface area contributed by atoms with Crippen LogP contribution >= 0.6 is 0 Å². The lowest BCUT2D eigenvalue weighted by Crippen LogP contribution is -2.54. The molecule has 3 unspecified atom stereocenters. The van der Waals surface area contributed by atoms with E-state index in [2.05, 4.69) is 81.3 Å². The summed E-state index contributed by atoms with van der Waals surface area (Å²) in [6.07, 6.45) is 7.12. The number of ether oxygens (including phenoxy) is 4. The predicted octanol–water partition coefficient (Wildman–Crippen LogP) is 6.38. The Morgan fingerprint density at radius 1 is 0.652 bits per heavy atom. The highest BCUT2D eigenvalue weighted by Crippen LogP contribution is 2.81. The van der Waals surface area contributed by atoms with Crippen molar-refractivity contribution >= 4 is 34.8 Å². The molecule has 16 heteroatoms. The molecule has 0 spiro atoms. The van der Waals surface area contributed by atoms with Crippen molar-refractivity contribution in [3.63, 3.8) is 0 Å². The Bertz CT molecular complexity index is 2700. The van der Waals surface area contributed by atoms with Crippen LogP contribution in [0.5, 0.6) is 0 Å². The molecule has 8 fully saturated rings. The van der Waals surface area contributed by atoms with E-state index in [-0.39, 0.29) is 47.8 Å². The molecule has 7 heterocycles. The highest BCUT2D eigenvalue weighted by molar-refractivity contribution is 6.04. The van der Waals surface area contributed by atoms with Crippen LogP contribution in [0.3, 0.4) is 0 Å². The molecule has 2 aromatic heterocycles. The number of amides is 4. The van der Waals surface area contributed by atoms with Crippen LogP contribution in [0.4, 0.5) is 9.59 Å². The number of aromatic amines is 2. The summed E-state index contributed by atoms with van der Waals surface area (Å²) in [4.78, 5) is 74.5. The molecule has 5 aliphatic heterocycles. The second-order valence-corrected chi connectivity index (χ2v) is 19.2. The van der Waals surface area contributed by atoms with Crippen molar-refractivity contribution in [3.8, 4) is 33.6 Å². The summed E-state index contributed by atoms with van der Waals surface area (Å²) in [5.41, 5.74) is 5.93. The van der Waals surface area contributed by atoms with Crippen LogP contribution in [-0.4, -0.2) is 119 Å². The van der Waals surface area contributed by atoms with Crippen molar-refractivity contribution in [3.05, 3.63) is 84.7 Å². The Morgan fingerprint density at radius 3 is 1.83 bits per heavy atom. The molecule has 10 atom stereocenters. The Labute approximate surface area is 381 Å². The molecule has 3 aliphatic carbocycles. The van der Waals surface area contributed by atoms with Gasteiger partial charge in [-0.25, -0.2) is 19.6 Å². The first-order valence-electron chi connectivity index (χ1n) is 23.5. The van der Waals surface area contributed by atoms with Gasteiger partial charge in [-0.1, -0.05) is 60.7 Å². The number of H-pyrrole nitrogens is 2. The second kappa shape index (κ2) is 16.3. The number of hydrogen-bond donors (Lipinski definition) is 4. The van der Waals surface area contributed by atoms with Gasteiger partial charge in [-0.2, -0.15) is 0 Å². The fourth-order valence-electron chi connectivity index (χ4n) is 12.3. The summed E-state index contributed by atoms with van der Waals surface area (Å²) >= 11 is 0. The Hall–Kier alpha value is -6.26. The number of likely N-dealkylation sites (tertiary alicyclic amines) is 1. The first kappa shape index (κ1) is 41.2. The lowest BCUT2D eigenvalue weighted by molar-refractivity contribution is -0.138. The third kappa shape index (κ3) is 6.93. The first-order chi connectivity index (χ1) is 32.3. The third-order valence-corrected chi connectivity index (χ3v) is 15.9. The van der Waals surface area contributed by atoms with E-state index in [1.807, 2.05) is 22.2 Å². The van der Waals surface area contributed by atoms with Crippen LogP contribution in [0.1, 0.15) is 62.3 Å². The lowest BCUT2D eigenvalue weighted by Gasteiger charge is -2.35. The van der Waals surface area contributed by atoms with Crippen molar-refractivity contribution in [2.45, 2.75) is 74.8 Å². The summed E-state index contributed by atoms with van der Waals surface area (Å²) in [5, 5.41) is 7.93. The zero-order valence-electron chi connectivity index (χ0n) is 37.0. The topological polar surface area (TPSA) is 193 Å². The molecular formula is C50H54N8O8. The molecule has 4 N–H and O–H groups in total. The number of methoxy groups -OCH3 is 2. The maximum absolute atomic E-state index is 14.4. The minimum Gasteiger partial charge on any atom is -0.453 e. The average Bonchev–Trinajstić information content (AvgIpc) is 4.16. The van der Waals surface area contributed by atoms with E-state index in [0.29, 0.717) is 75.8 Å². The van der Waals surface area contributed by atoms with Crippen LogP contribution in [0.2, 0.25) is 0 Å². The molecule has 5 saturated heterocycles. The molecule has 0 radical (unpaired) electrons. The number of rotatable bonds is 11. The predicted molar refractivity (Wildman–Crippen MR) is 240 cm³/mol. The number of piperidine rings is 2. The normalized spacial score (nSPS) is 28.3. The van der Waals surface area contributed by atoms with E-state index in [0.717, 1.165) is 68.9 Å². The van der Waals surface area contributed by atoms with Crippen molar-refractivity contribution in [1.82, 2.24) is 40.4 Å². The van der Waals surface area contributed by atoms with Crippen LogP contribution in [0.15, 0.2) is 73.1 Å². The van der Waals surface area contributed by atoms with Crippen LogP contribution in [0.25, 0.3) is 44.4 Å². The molecular weight excluding hydrogens is 841 g/mol. The van der Waals surface area contributed by atoms with Gasteiger partial charge >= 0.3 is 12.2 Å². The standard InChI is InChI=1S/C50H54N8O8/c1-63-49(61)55-41(27-13-17-65-18-14-27)47(59)57-36-21-29(36)22-37(57)45-51-23-34(53-45)26-11-9-25(10-12-26)30-5-3-7-32-31(30)6-4-8-33(32)35-24-52-46(54-35)44-40-38-39(40)43(38)58(44)48(60)42(56-50(62)64-2)28-15-19-66-20-16-28/h3-12,23-24,27-29,36-44H,13-22H2,1-2H3,(H,51,53)(H,52,54)(H,55,61)(H,56,62)/t29-,36-,37+,38-,39?,40?,41+,42+,43?,44+/m1/s1. The van der Waals surface area contributed by atoms with Gasteiger partial charge in [0, 0.05) is 44.1 Å². The fourth-order valence-corrected chi connectivity index (χ4v) is 12.3. The fraction of sp³-hybridized carbons (Fsp3) is 0.480. The quantitative estimate of drug-likeness (QED) is 0.116. The van der Waals surface area contributed by atoms with Crippen molar-refractivity contribution in [2.75, 3.05) is 40.6 Å².